The van der Waals surface area contributed by atoms with Crippen LogP contribution in [0, 0.1) is 0 Å². The van der Waals surface area contributed by atoms with Crippen molar-refractivity contribution in [3.63, 3.8) is 0 Å². The molecule has 7 heteroatoms. The first kappa shape index (κ1) is 18.7. The lowest BCUT2D eigenvalue weighted by Gasteiger charge is -2.16. The zero-order chi connectivity index (χ0) is 18.9. The standard InChI is InChI=1S/C19H14F3NOS2/c1-2-12-6-8-13(9-7-12)10-16-17(24)23(18(25)26-16)15-5-3-4-14(11-15)19(20,21)22/h3-11H,2H2,1H3. The first-order chi connectivity index (χ1) is 12.3. The summed E-state index contributed by atoms with van der Waals surface area (Å²) in [5.41, 5.74) is 1.32. The summed E-state index contributed by atoms with van der Waals surface area (Å²) in [6, 6.07) is 12.4. The number of rotatable bonds is 3. The van der Waals surface area contributed by atoms with Crippen LogP contribution in [0.3, 0.4) is 0 Å². The lowest BCUT2D eigenvalue weighted by atomic mass is 10.1. The zero-order valence-electron chi connectivity index (χ0n) is 13.7. The Kier molecular flexibility index (Phi) is 5.20. The van der Waals surface area contributed by atoms with Crippen LogP contribution in [0.1, 0.15) is 23.6 Å². The number of hydrogen-bond donors (Lipinski definition) is 0. The highest BCUT2D eigenvalue weighted by molar-refractivity contribution is 8.27. The molecule has 1 amide bonds. The molecule has 0 bridgehead atoms. The molecular weight excluding hydrogens is 379 g/mol. The number of thiocarbonyl (C=S) groups is 1. The van der Waals surface area contributed by atoms with Crippen LogP contribution in [0.15, 0.2) is 53.4 Å². The number of carbonyl (C=O) groups is 1. The van der Waals surface area contributed by atoms with Crippen LogP contribution in [0.2, 0.25) is 0 Å². The number of amides is 1. The summed E-state index contributed by atoms with van der Waals surface area (Å²) in [5.74, 6) is -0.418. The predicted octanol–water partition coefficient (Wildman–Crippen LogP) is 5.67. The largest absolute Gasteiger partial charge is 0.416 e. The van der Waals surface area contributed by atoms with Gasteiger partial charge in [0.05, 0.1) is 16.2 Å². The summed E-state index contributed by atoms with van der Waals surface area (Å²) in [7, 11) is 0. The molecule has 0 atom stereocenters. The van der Waals surface area contributed by atoms with Gasteiger partial charge in [-0.25, -0.2) is 0 Å². The minimum Gasteiger partial charge on any atom is -0.268 e. The van der Waals surface area contributed by atoms with Crippen LogP contribution in [0.25, 0.3) is 6.08 Å². The molecule has 0 radical (unpaired) electrons. The molecule has 2 nitrogen and oxygen atoms in total. The zero-order valence-corrected chi connectivity index (χ0v) is 15.3. The van der Waals surface area contributed by atoms with E-state index in [4.69, 9.17) is 12.2 Å². The van der Waals surface area contributed by atoms with Gasteiger partial charge >= 0.3 is 6.18 Å². The highest BCUT2D eigenvalue weighted by Gasteiger charge is 2.36. The van der Waals surface area contributed by atoms with Crippen LogP contribution in [-0.2, 0) is 17.4 Å². The van der Waals surface area contributed by atoms with Gasteiger partial charge in [-0.3, -0.25) is 9.69 Å². The fraction of sp³-hybridized carbons (Fsp3) is 0.158. The Morgan fingerprint density at radius 1 is 1.15 bits per heavy atom. The van der Waals surface area contributed by atoms with Gasteiger partial charge in [-0.2, -0.15) is 13.2 Å². The van der Waals surface area contributed by atoms with Crippen molar-refractivity contribution in [2.24, 2.45) is 0 Å². The van der Waals surface area contributed by atoms with E-state index in [0.717, 1.165) is 40.8 Å². The van der Waals surface area contributed by atoms with Crippen molar-refractivity contribution in [3.05, 3.63) is 70.1 Å². The predicted molar refractivity (Wildman–Crippen MR) is 103 cm³/mol. The second-order valence-electron chi connectivity index (χ2n) is 5.66. The number of aryl methyl sites for hydroxylation is 1. The van der Waals surface area contributed by atoms with E-state index in [2.05, 4.69) is 6.92 Å². The number of benzene rings is 2. The number of halogens is 3. The molecule has 2 aromatic rings. The summed E-state index contributed by atoms with van der Waals surface area (Å²) in [6.45, 7) is 2.05. The number of nitrogens with zero attached hydrogens (tertiary/aromatic N) is 1. The fourth-order valence-corrected chi connectivity index (χ4v) is 3.81. The van der Waals surface area contributed by atoms with Gasteiger partial charge in [0.25, 0.3) is 5.91 Å². The van der Waals surface area contributed by atoms with E-state index in [9.17, 15) is 18.0 Å². The highest BCUT2D eigenvalue weighted by atomic mass is 32.2. The summed E-state index contributed by atoms with van der Waals surface area (Å²) < 4.78 is 39.0. The van der Waals surface area contributed by atoms with Gasteiger partial charge in [0.1, 0.15) is 0 Å². The van der Waals surface area contributed by atoms with Crippen LogP contribution in [0.4, 0.5) is 18.9 Å². The van der Waals surface area contributed by atoms with Crippen LogP contribution in [0.5, 0.6) is 0 Å². The summed E-state index contributed by atoms with van der Waals surface area (Å²) >= 11 is 6.30. The van der Waals surface area contributed by atoms with Gasteiger partial charge in [-0.15, -0.1) is 0 Å². The lowest BCUT2D eigenvalue weighted by Crippen LogP contribution is -2.27. The molecule has 3 rings (SSSR count). The Bertz CT molecular complexity index is 888. The first-order valence-corrected chi connectivity index (χ1v) is 9.06. The minimum atomic E-state index is -4.48. The van der Waals surface area contributed by atoms with Crippen molar-refractivity contribution in [1.82, 2.24) is 0 Å². The van der Waals surface area contributed by atoms with Gasteiger partial charge in [0.2, 0.25) is 0 Å². The molecule has 0 aliphatic carbocycles. The maximum atomic E-state index is 12.9. The number of hydrogen-bond acceptors (Lipinski definition) is 3. The molecule has 0 saturated carbocycles. The van der Waals surface area contributed by atoms with Crippen molar-refractivity contribution >= 4 is 46.0 Å². The second kappa shape index (κ2) is 7.25. The Hall–Kier alpha value is -2.12. The minimum absolute atomic E-state index is 0.118. The third kappa shape index (κ3) is 3.83. The monoisotopic (exact) mass is 393 g/mol. The molecule has 0 unspecified atom stereocenters. The SMILES string of the molecule is CCc1ccc(C=C2SC(=S)N(c3cccc(C(F)(F)F)c3)C2=O)cc1. The van der Waals surface area contributed by atoms with Crippen molar-refractivity contribution in [3.8, 4) is 0 Å². The number of thioether (sulfide) groups is 1. The Morgan fingerprint density at radius 3 is 2.46 bits per heavy atom. The molecule has 134 valence electrons. The molecule has 1 aliphatic rings. The van der Waals surface area contributed by atoms with E-state index in [-0.39, 0.29) is 10.0 Å². The van der Waals surface area contributed by atoms with E-state index in [1.807, 2.05) is 24.3 Å². The van der Waals surface area contributed by atoms with Gasteiger partial charge in [0.15, 0.2) is 4.32 Å². The molecular formula is C19H14F3NOS2. The van der Waals surface area contributed by atoms with E-state index < -0.39 is 17.6 Å². The molecule has 26 heavy (non-hydrogen) atoms. The van der Waals surface area contributed by atoms with Crippen molar-refractivity contribution < 1.29 is 18.0 Å². The average molecular weight is 393 g/mol. The topological polar surface area (TPSA) is 20.3 Å². The van der Waals surface area contributed by atoms with Gasteiger partial charge in [0, 0.05) is 0 Å². The Morgan fingerprint density at radius 2 is 1.85 bits per heavy atom. The van der Waals surface area contributed by atoms with Crippen LogP contribution < -0.4 is 4.90 Å². The summed E-state index contributed by atoms with van der Waals surface area (Å²) in [4.78, 5) is 14.2. The smallest absolute Gasteiger partial charge is 0.268 e. The Labute approximate surface area is 158 Å². The molecule has 1 heterocycles. The maximum absolute atomic E-state index is 12.9. The lowest BCUT2D eigenvalue weighted by molar-refractivity contribution is -0.137. The summed E-state index contributed by atoms with van der Waals surface area (Å²) in [6.07, 6.45) is -1.86. The second-order valence-corrected chi connectivity index (χ2v) is 7.34. The molecule has 0 aromatic heterocycles. The molecule has 2 aromatic carbocycles. The molecule has 1 fully saturated rings. The van der Waals surface area contributed by atoms with Gasteiger partial charge in [-0.05, 0) is 41.8 Å². The average Bonchev–Trinajstić information content (AvgIpc) is 2.88. The van der Waals surface area contributed by atoms with Gasteiger partial charge in [-0.1, -0.05) is 61.2 Å². The molecule has 1 saturated heterocycles. The molecule has 0 N–H and O–H groups in total. The van der Waals surface area contributed by atoms with Crippen LogP contribution >= 0.6 is 24.0 Å². The normalized spacial score (nSPS) is 16.6. The number of anilines is 1. The molecule has 1 aliphatic heterocycles. The third-order valence-electron chi connectivity index (χ3n) is 3.91. The summed E-state index contributed by atoms with van der Waals surface area (Å²) in [5, 5.41) is 0. The molecule has 0 spiro atoms. The van der Waals surface area contributed by atoms with E-state index >= 15 is 0 Å². The fourth-order valence-electron chi connectivity index (χ4n) is 2.51. The highest BCUT2D eigenvalue weighted by Crippen LogP contribution is 2.38. The number of alkyl halides is 3. The first-order valence-electron chi connectivity index (χ1n) is 7.84. The Balaban J connectivity index is 1.90. The maximum Gasteiger partial charge on any atom is 0.416 e. The number of carbonyl (C=O) groups excluding carboxylic acids is 1. The van der Waals surface area contributed by atoms with E-state index in [1.54, 1.807) is 6.08 Å². The van der Waals surface area contributed by atoms with Gasteiger partial charge < -0.3 is 0 Å². The third-order valence-corrected chi connectivity index (χ3v) is 5.21. The van der Waals surface area contributed by atoms with Crippen molar-refractivity contribution in [2.75, 3.05) is 4.90 Å². The van der Waals surface area contributed by atoms with E-state index in [1.165, 1.54) is 17.7 Å². The quantitative estimate of drug-likeness (QED) is 0.495. The van der Waals surface area contributed by atoms with Crippen molar-refractivity contribution in [1.29, 1.82) is 0 Å². The van der Waals surface area contributed by atoms with Crippen LogP contribution in [-0.4, -0.2) is 10.2 Å². The van der Waals surface area contributed by atoms with E-state index in [0.29, 0.717) is 4.91 Å². The van der Waals surface area contributed by atoms with Crippen molar-refractivity contribution in [2.45, 2.75) is 19.5 Å².